The lowest BCUT2D eigenvalue weighted by Crippen LogP contribution is -2.52. The second-order valence-corrected chi connectivity index (χ2v) is 17.6. The lowest BCUT2D eigenvalue weighted by Gasteiger charge is -2.40. The van der Waals surface area contributed by atoms with Crippen LogP contribution in [-0.2, 0) is 25.9 Å². The summed E-state index contributed by atoms with van der Waals surface area (Å²) in [6.45, 7) is 15.0. The average Bonchev–Trinajstić information content (AvgIpc) is 3.91. The molecule has 10 rings (SSSR count). The van der Waals surface area contributed by atoms with Crippen LogP contribution in [0.3, 0.4) is 0 Å². The first kappa shape index (κ1) is 45.9. The first-order valence-electron chi connectivity index (χ1n) is 22.3. The van der Waals surface area contributed by atoms with Gasteiger partial charge in [-0.05, 0) is 99.9 Å². The highest BCUT2D eigenvalue weighted by Gasteiger charge is 2.35. The molecule has 0 radical (unpaired) electrons. The summed E-state index contributed by atoms with van der Waals surface area (Å²) in [5, 5.41) is 15.0. The molecule has 11 nitrogen and oxygen atoms in total. The Kier molecular flexibility index (Phi) is 14.8. The van der Waals surface area contributed by atoms with Gasteiger partial charge in [0.05, 0.1) is 23.5 Å². The summed E-state index contributed by atoms with van der Waals surface area (Å²) in [4.78, 5) is 25.9. The Labute approximate surface area is 393 Å². The number of nitrogens with one attached hydrogen (secondary N) is 1. The minimum absolute atomic E-state index is 0. The number of nitrogens with zero attached hydrogens (tertiary/aromatic N) is 9. The Hall–Kier alpha value is -4.63. The van der Waals surface area contributed by atoms with Crippen LogP contribution in [0.4, 0.5) is 0 Å². The number of fused-ring (bicyclic) bond motifs is 4. The van der Waals surface area contributed by atoms with Gasteiger partial charge in [0.15, 0.2) is 0 Å². The van der Waals surface area contributed by atoms with Crippen molar-refractivity contribution < 1.29 is 5.02 Å². The van der Waals surface area contributed by atoms with Crippen LogP contribution in [0.1, 0.15) is 82.3 Å². The number of imidazole rings is 2. The molecule has 2 unspecified atom stereocenters. The SMILES string of the molecule is CCc1nccn1CC1=Cc2cccnc2C(N2CCN(B(C)O)CC2)c2ccc(Cl)cc21.CCc1nccn1CC1=Cc2cccnc2C(N2CCNCC2)c2ccc(Cl)cc21.Cl. The monoisotopic (exact) mass is 916 g/mol. The molecule has 2 aliphatic heterocycles. The van der Waals surface area contributed by atoms with Crippen molar-refractivity contribution in [2.24, 2.45) is 0 Å². The number of piperazine rings is 2. The summed E-state index contributed by atoms with van der Waals surface area (Å²) < 4.78 is 4.45. The third kappa shape index (κ3) is 9.66. The molecule has 0 amide bonds. The van der Waals surface area contributed by atoms with E-state index >= 15 is 0 Å². The number of hydrogen-bond donors (Lipinski definition) is 2. The topological polar surface area (TPSA) is 103 Å². The Balaban J connectivity index is 0.000000173. The zero-order chi connectivity index (χ0) is 43.5. The normalized spacial score (nSPS) is 18.7. The maximum absolute atomic E-state index is 10.0. The van der Waals surface area contributed by atoms with E-state index in [1.807, 2.05) is 62.1 Å². The van der Waals surface area contributed by atoms with Crippen molar-refractivity contribution in [1.82, 2.24) is 49.0 Å². The fourth-order valence-electron chi connectivity index (χ4n) is 9.75. The number of hydrogen-bond acceptors (Lipinski definition) is 9. The van der Waals surface area contributed by atoms with E-state index in [-0.39, 0.29) is 24.5 Å². The quantitative estimate of drug-likeness (QED) is 0.139. The fraction of sp³-hybridized carbons (Fsp3) is 0.347. The van der Waals surface area contributed by atoms with Gasteiger partial charge in [-0.15, -0.1) is 12.4 Å². The van der Waals surface area contributed by atoms with E-state index < -0.39 is 7.05 Å². The molecule has 6 aromatic rings. The van der Waals surface area contributed by atoms with Crippen LogP contribution in [0.5, 0.6) is 0 Å². The Bertz CT molecular complexity index is 2610. The van der Waals surface area contributed by atoms with Gasteiger partial charge in [0.2, 0.25) is 0 Å². The maximum atomic E-state index is 10.0. The number of pyridine rings is 2. The van der Waals surface area contributed by atoms with Crippen molar-refractivity contribution in [3.05, 3.63) is 164 Å². The first-order valence-corrected chi connectivity index (χ1v) is 23.1. The number of rotatable bonds is 9. The molecule has 4 aromatic heterocycles. The van der Waals surface area contributed by atoms with Gasteiger partial charge in [0.25, 0.3) is 0 Å². The van der Waals surface area contributed by atoms with Gasteiger partial charge < -0.3 is 24.3 Å². The minimum Gasteiger partial charge on any atom is -0.437 e. The molecule has 2 aromatic carbocycles. The van der Waals surface area contributed by atoms with Crippen LogP contribution in [0.2, 0.25) is 16.9 Å². The largest absolute Gasteiger partial charge is 0.437 e. The molecule has 0 bridgehead atoms. The molecule has 332 valence electrons. The molecule has 0 spiro atoms. The molecule has 2 N–H and O–H groups in total. The molecule has 6 heterocycles. The molecule has 0 saturated carbocycles. The smallest absolute Gasteiger partial charge is 0.376 e. The molecule has 4 aliphatic rings. The first-order chi connectivity index (χ1) is 30.8. The lowest BCUT2D eigenvalue weighted by atomic mass is 9.84. The van der Waals surface area contributed by atoms with E-state index in [4.69, 9.17) is 33.2 Å². The van der Waals surface area contributed by atoms with Gasteiger partial charge in [0.1, 0.15) is 11.6 Å². The number of aryl methyl sites for hydroxylation is 2. The van der Waals surface area contributed by atoms with Gasteiger partial charge in [-0.25, -0.2) is 9.97 Å². The van der Waals surface area contributed by atoms with E-state index in [1.54, 1.807) is 0 Å². The van der Waals surface area contributed by atoms with Gasteiger partial charge in [-0.1, -0.05) is 61.3 Å². The molecule has 2 aliphatic carbocycles. The number of aromatic nitrogens is 6. The second kappa shape index (κ2) is 20.7. The van der Waals surface area contributed by atoms with Crippen LogP contribution in [0.15, 0.2) is 97.8 Å². The average molecular weight is 918 g/mol. The van der Waals surface area contributed by atoms with E-state index in [1.165, 1.54) is 39.0 Å². The number of benzene rings is 2. The second-order valence-electron chi connectivity index (χ2n) is 16.7. The van der Waals surface area contributed by atoms with E-state index in [9.17, 15) is 5.02 Å². The summed E-state index contributed by atoms with van der Waals surface area (Å²) in [6.07, 6.45) is 18.0. The highest BCUT2D eigenvalue weighted by molar-refractivity contribution is 6.45. The minimum atomic E-state index is -0.422. The molecule has 2 saturated heterocycles. The van der Waals surface area contributed by atoms with Crippen LogP contribution < -0.4 is 5.32 Å². The Morgan fingerprint density at radius 1 is 0.641 bits per heavy atom. The van der Waals surface area contributed by atoms with Crippen molar-refractivity contribution in [2.75, 3.05) is 52.4 Å². The van der Waals surface area contributed by atoms with Gasteiger partial charge in [-0.3, -0.25) is 19.8 Å². The predicted octanol–water partition coefficient (Wildman–Crippen LogP) is 8.33. The van der Waals surface area contributed by atoms with Crippen LogP contribution in [0.25, 0.3) is 23.3 Å². The summed E-state index contributed by atoms with van der Waals surface area (Å²) in [5.41, 5.74) is 11.9. The van der Waals surface area contributed by atoms with E-state index in [0.29, 0.717) is 0 Å². The molecular weight excluding hydrogens is 862 g/mol. The lowest BCUT2D eigenvalue weighted by molar-refractivity contribution is 0.144. The summed E-state index contributed by atoms with van der Waals surface area (Å²) in [5.74, 6) is 2.16. The number of allylic oxidation sites excluding steroid dienone is 2. The summed E-state index contributed by atoms with van der Waals surface area (Å²) >= 11 is 13.0. The van der Waals surface area contributed by atoms with Crippen LogP contribution in [0, 0.1) is 0 Å². The highest BCUT2D eigenvalue weighted by Crippen LogP contribution is 2.42. The highest BCUT2D eigenvalue weighted by atomic mass is 35.5. The molecule has 2 atom stereocenters. The standard InChI is InChI=1S/C25H29BClN5O.C24H26ClN5.ClH/c1-3-23-28-9-10-31(23)17-19-15-18-5-4-8-29-24(18)25(21-7-6-20(27)16-22(19)21)30-11-13-32(14-12-30)26(2)33;1-2-22-27-10-13-30(22)16-18-14-17-4-3-7-28-23(17)24(29-11-8-26-9-12-29)20-6-5-19(25)15-21(18)20;/h4-10,15-16,25,33H,3,11-14,17H2,1-2H3;3-7,10,13-15,24,26H,2,8-9,11-12,16H2,1H3;1H. The predicted molar refractivity (Wildman–Crippen MR) is 263 cm³/mol. The molecule has 64 heavy (non-hydrogen) atoms. The van der Waals surface area contributed by atoms with Crippen molar-refractivity contribution in [3.8, 4) is 0 Å². The maximum Gasteiger partial charge on any atom is 0.376 e. The summed E-state index contributed by atoms with van der Waals surface area (Å²) in [6, 6.07) is 21.1. The zero-order valence-corrected chi connectivity index (χ0v) is 39.1. The Morgan fingerprint density at radius 2 is 1.11 bits per heavy atom. The van der Waals surface area contributed by atoms with Crippen molar-refractivity contribution in [3.63, 3.8) is 0 Å². The van der Waals surface area contributed by atoms with Gasteiger partial charge in [0, 0.05) is 126 Å². The van der Waals surface area contributed by atoms with Gasteiger partial charge in [-0.2, -0.15) is 0 Å². The third-order valence-corrected chi connectivity index (χ3v) is 13.4. The van der Waals surface area contributed by atoms with Crippen molar-refractivity contribution >= 4 is 66.0 Å². The molecule has 2 fully saturated rings. The van der Waals surface area contributed by atoms with Crippen molar-refractivity contribution in [1.29, 1.82) is 0 Å². The fourth-order valence-corrected chi connectivity index (χ4v) is 10.1. The van der Waals surface area contributed by atoms with Gasteiger partial charge >= 0.3 is 7.05 Å². The molecule has 15 heteroatoms. The Morgan fingerprint density at radius 3 is 1.56 bits per heavy atom. The third-order valence-electron chi connectivity index (χ3n) is 12.9. The summed E-state index contributed by atoms with van der Waals surface area (Å²) in [7, 11) is -0.422. The number of halogens is 3. The van der Waals surface area contributed by atoms with E-state index in [0.717, 1.165) is 117 Å². The molecular formula is C49H56BCl3N10O. The van der Waals surface area contributed by atoms with Crippen LogP contribution >= 0.6 is 35.6 Å². The van der Waals surface area contributed by atoms with Crippen LogP contribution in [-0.4, -0.2) is 108 Å². The van der Waals surface area contributed by atoms with Crippen molar-refractivity contribution in [2.45, 2.75) is 58.7 Å². The van der Waals surface area contributed by atoms with E-state index in [2.05, 4.69) is 108 Å². The zero-order valence-electron chi connectivity index (χ0n) is 36.7.